The first-order valence-electron chi connectivity index (χ1n) is 5.63. The molecule has 1 heterocycles. The van der Waals surface area contributed by atoms with Crippen LogP contribution in [-0.2, 0) is 9.53 Å². The van der Waals surface area contributed by atoms with Crippen molar-refractivity contribution in [1.29, 1.82) is 0 Å². The summed E-state index contributed by atoms with van der Waals surface area (Å²) in [5.41, 5.74) is 0.266. The van der Waals surface area contributed by atoms with E-state index in [4.69, 9.17) is 32.4 Å². The fourth-order valence-electron chi connectivity index (χ4n) is 1.42. The molecule has 0 saturated carbocycles. The lowest BCUT2D eigenvalue weighted by molar-refractivity contribution is -0.119. The molecule has 8 heteroatoms. The molecule has 0 radical (unpaired) electrons. The van der Waals surface area contributed by atoms with Gasteiger partial charge in [0.1, 0.15) is 0 Å². The number of hydrogen-bond donors (Lipinski definition) is 1. The number of amides is 1. The monoisotopic (exact) mass is 391 g/mol. The van der Waals surface area contributed by atoms with Crippen LogP contribution in [-0.4, -0.2) is 18.5 Å². The molecular formula is C13H8BrCl2NO4. The highest BCUT2D eigenvalue weighted by Crippen LogP contribution is 2.29. The highest BCUT2D eigenvalue weighted by molar-refractivity contribution is 9.10. The van der Waals surface area contributed by atoms with Crippen LogP contribution in [0.5, 0.6) is 0 Å². The van der Waals surface area contributed by atoms with Crippen molar-refractivity contribution in [2.75, 3.05) is 11.9 Å². The fourth-order valence-corrected chi connectivity index (χ4v) is 2.22. The summed E-state index contributed by atoms with van der Waals surface area (Å²) < 4.78 is 10.2. The van der Waals surface area contributed by atoms with E-state index < -0.39 is 18.5 Å². The first kappa shape index (κ1) is 15.9. The van der Waals surface area contributed by atoms with Gasteiger partial charge in [0, 0.05) is 0 Å². The van der Waals surface area contributed by atoms with E-state index in [-0.39, 0.29) is 21.5 Å². The molecule has 1 aromatic heterocycles. The Balaban J connectivity index is 1.92. The second-order valence-corrected chi connectivity index (χ2v) is 5.42. The van der Waals surface area contributed by atoms with Crippen molar-refractivity contribution in [3.63, 3.8) is 0 Å². The van der Waals surface area contributed by atoms with Gasteiger partial charge in [-0.25, -0.2) is 4.79 Å². The third kappa shape index (κ3) is 4.23. The lowest BCUT2D eigenvalue weighted by atomic mass is 10.3. The van der Waals surface area contributed by atoms with Crippen LogP contribution in [0.4, 0.5) is 5.69 Å². The summed E-state index contributed by atoms with van der Waals surface area (Å²) in [7, 11) is 0. The van der Waals surface area contributed by atoms with Crippen LogP contribution in [0.2, 0.25) is 10.0 Å². The number of hydrogen-bond acceptors (Lipinski definition) is 4. The van der Waals surface area contributed by atoms with Crippen LogP contribution in [0.1, 0.15) is 10.6 Å². The van der Waals surface area contributed by atoms with Crippen molar-refractivity contribution < 1.29 is 18.7 Å². The molecule has 5 nitrogen and oxygen atoms in total. The highest BCUT2D eigenvalue weighted by Gasteiger charge is 2.15. The first-order valence-corrected chi connectivity index (χ1v) is 7.18. The summed E-state index contributed by atoms with van der Waals surface area (Å²) in [6.07, 6.45) is 0. The number of anilines is 1. The predicted molar refractivity (Wildman–Crippen MR) is 81.8 cm³/mol. The summed E-state index contributed by atoms with van der Waals surface area (Å²) in [6, 6.07) is 7.77. The Kier molecular flexibility index (Phi) is 5.27. The van der Waals surface area contributed by atoms with E-state index >= 15 is 0 Å². The Labute approximate surface area is 138 Å². The molecule has 0 aliphatic rings. The minimum absolute atomic E-state index is 0.00884. The number of ether oxygens (including phenoxy) is 1. The van der Waals surface area contributed by atoms with E-state index in [1.807, 2.05) is 0 Å². The number of esters is 1. The van der Waals surface area contributed by atoms with Gasteiger partial charge in [0.25, 0.3) is 5.91 Å². The van der Waals surface area contributed by atoms with Gasteiger partial charge in [0.15, 0.2) is 11.3 Å². The van der Waals surface area contributed by atoms with Crippen LogP contribution in [0.25, 0.3) is 0 Å². The number of carbonyl (C=O) groups is 2. The topological polar surface area (TPSA) is 68.5 Å². The zero-order chi connectivity index (χ0) is 15.4. The van der Waals surface area contributed by atoms with Crippen molar-refractivity contribution in [2.45, 2.75) is 0 Å². The lowest BCUT2D eigenvalue weighted by Gasteiger charge is -2.09. The van der Waals surface area contributed by atoms with E-state index in [2.05, 4.69) is 21.2 Å². The molecule has 1 aromatic carbocycles. The Morgan fingerprint density at radius 3 is 2.43 bits per heavy atom. The number of furan rings is 1. The number of benzene rings is 1. The molecule has 0 atom stereocenters. The number of nitrogens with one attached hydrogen (secondary N) is 1. The van der Waals surface area contributed by atoms with E-state index in [0.717, 1.165) is 0 Å². The maximum atomic E-state index is 11.7. The minimum Gasteiger partial charge on any atom is -0.450 e. The number of rotatable bonds is 4. The van der Waals surface area contributed by atoms with Crippen LogP contribution >= 0.6 is 39.1 Å². The molecule has 0 aliphatic carbocycles. The second-order valence-electron chi connectivity index (χ2n) is 3.82. The van der Waals surface area contributed by atoms with Crippen molar-refractivity contribution in [1.82, 2.24) is 0 Å². The van der Waals surface area contributed by atoms with Crippen LogP contribution < -0.4 is 5.32 Å². The van der Waals surface area contributed by atoms with E-state index in [0.29, 0.717) is 4.67 Å². The number of carbonyl (C=O) groups excluding carboxylic acids is 2. The van der Waals surface area contributed by atoms with Gasteiger partial charge < -0.3 is 14.5 Å². The molecule has 110 valence electrons. The molecule has 0 saturated heterocycles. The molecule has 21 heavy (non-hydrogen) atoms. The standard InChI is InChI=1S/C13H8BrCl2NO4/c14-10-5-4-9(21-10)13(19)20-6-11(18)17-12-7(15)2-1-3-8(12)16/h1-5H,6H2,(H,17,18). The zero-order valence-corrected chi connectivity index (χ0v) is 13.5. The molecule has 1 amide bonds. The van der Waals surface area contributed by atoms with Gasteiger partial charge in [-0.05, 0) is 40.2 Å². The maximum absolute atomic E-state index is 11.7. The molecule has 2 aromatic rings. The molecule has 1 N–H and O–H groups in total. The Hall–Kier alpha value is -1.50. The van der Waals surface area contributed by atoms with Crippen LogP contribution in [0.15, 0.2) is 39.4 Å². The van der Waals surface area contributed by atoms with Gasteiger partial charge in [0.2, 0.25) is 5.76 Å². The van der Waals surface area contributed by atoms with Crippen molar-refractivity contribution in [3.8, 4) is 0 Å². The molecule has 0 fully saturated rings. The second kappa shape index (κ2) is 6.98. The molecular weight excluding hydrogens is 385 g/mol. The minimum atomic E-state index is -0.749. The number of para-hydroxylation sites is 1. The third-order valence-corrected chi connectivity index (χ3v) is 3.39. The van der Waals surface area contributed by atoms with E-state index in [9.17, 15) is 9.59 Å². The van der Waals surface area contributed by atoms with Gasteiger partial charge in [-0.1, -0.05) is 29.3 Å². The summed E-state index contributed by atoms with van der Waals surface area (Å²) >= 11 is 14.9. The first-order chi connectivity index (χ1) is 9.97. The zero-order valence-electron chi connectivity index (χ0n) is 10.4. The largest absolute Gasteiger partial charge is 0.450 e. The van der Waals surface area contributed by atoms with Crippen molar-refractivity contribution >= 4 is 56.7 Å². The van der Waals surface area contributed by atoms with E-state index in [1.54, 1.807) is 24.3 Å². The normalized spacial score (nSPS) is 10.2. The summed E-state index contributed by atoms with van der Waals surface area (Å²) in [5, 5.41) is 3.05. The summed E-state index contributed by atoms with van der Waals surface area (Å²) in [5.74, 6) is -1.32. The van der Waals surface area contributed by atoms with Gasteiger partial charge in [-0.3, -0.25) is 4.79 Å². The van der Waals surface area contributed by atoms with Gasteiger partial charge in [0.05, 0.1) is 15.7 Å². The molecule has 2 rings (SSSR count). The highest BCUT2D eigenvalue weighted by atomic mass is 79.9. The smallest absolute Gasteiger partial charge is 0.374 e. The quantitative estimate of drug-likeness (QED) is 0.793. The summed E-state index contributed by atoms with van der Waals surface area (Å²) in [6.45, 7) is -0.487. The van der Waals surface area contributed by atoms with Crippen molar-refractivity contribution in [2.24, 2.45) is 0 Å². The van der Waals surface area contributed by atoms with E-state index in [1.165, 1.54) is 6.07 Å². The molecule has 0 spiro atoms. The Morgan fingerprint density at radius 2 is 1.86 bits per heavy atom. The molecule has 0 bridgehead atoms. The maximum Gasteiger partial charge on any atom is 0.374 e. The predicted octanol–water partition coefficient (Wildman–Crippen LogP) is 4.14. The van der Waals surface area contributed by atoms with Gasteiger partial charge in [-0.2, -0.15) is 0 Å². The Morgan fingerprint density at radius 1 is 1.19 bits per heavy atom. The number of halogens is 3. The van der Waals surface area contributed by atoms with Crippen LogP contribution in [0, 0.1) is 0 Å². The van der Waals surface area contributed by atoms with Gasteiger partial charge >= 0.3 is 5.97 Å². The fraction of sp³-hybridized carbons (Fsp3) is 0.0769. The molecule has 0 unspecified atom stereocenters. The average molecular weight is 393 g/mol. The lowest BCUT2D eigenvalue weighted by Crippen LogP contribution is -2.21. The SMILES string of the molecule is O=C(COC(=O)c1ccc(Br)o1)Nc1c(Cl)cccc1Cl. The average Bonchev–Trinajstić information content (AvgIpc) is 2.87. The van der Waals surface area contributed by atoms with Gasteiger partial charge in [-0.15, -0.1) is 0 Å². The summed E-state index contributed by atoms with van der Waals surface area (Å²) in [4.78, 5) is 23.3. The Bertz CT molecular complexity index is 666. The van der Waals surface area contributed by atoms with Crippen molar-refractivity contribution in [3.05, 3.63) is 50.8 Å². The molecule has 0 aliphatic heterocycles. The van der Waals surface area contributed by atoms with Crippen LogP contribution in [0.3, 0.4) is 0 Å². The third-order valence-electron chi connectivity index (χ3n) is 2.34.